The van der Waals surface area contributed by atoms with Gasteiger partial charge in [-0.25, -0.2) is 4.79 Å². The molecule has 0 aliphatic heterocycles. The Bertz CT molecular complexity index is 853. The van der Waals surface area contributed by atoms with Crippen molar-refractivity contribution in [3.05, 3.63) is 53.6 Å². The van der Waals surface area contributed by atoms with E-state index in [9.17, 15) is 4.79 Å². The fourth-order valence-corrected chi connectivity index (χ4v) is 6.64. The fourth-order valence-electron chi connectivity index (χ4n) is 6.64. The number of fused-ring (bicyclic) bond motifs is 1. The summed E-state index contributed by atoms with van der Waals surface area (Å²) in [6.07, 6.45) is 14.0. The molecule has 0 radical (unpaired) electrons. The van der Waals surface area contributed by atoms with E-state index in [1.165, 1.54) is 37.7 Å². The van der Waals surface area contributed by atoms with Crippen LogP contribution >= 0.6 is 0 Å². The number of rotatable bonds is 8. The van der Waals surface area contributed by atoms with Crippen molar-refractivity contribution >= 4 is 11.8 Å². The van der Waals surface area contributed by atoms with E-state index in [2.05, 4.69) is 52.1 Å². The third-order valence-corrected chi connectivity index (χ3v) is 8.52. The Morgan fingerprint density at radius 3 is 2.67 bits per heavy atom. The summed E-state index contributed by atoms with van der Waals surface area (Å²) in [6, 6.07) is 9.43. The van der Waals surface area contributed by atoms with Crippen molar-refractivity contribution in [2.75, 3.05) is 5.32 Å². The van der Waals surface area contributed by atoms with Crippen LogP contribution in [0.1, 0.15) is 92.9 Å². The van der Waals surface area contributed by atoms with Gasteiger partial charge in [-0.05, 0) is 101 Å². The van der Waals surface area contributed by atoms with E-state index < -0.39 is 0 Å². The molecule has 1 saturated carbocycles. The van der Waals surface area contributed by atoms with Crippen LogP contribution in [0, 0.1) is 22.7 Å². The molecular weight excluding hydrogens is 406 g/mol. The Kier molecular flexibility index (Phi) is 8.48. The van der Waals surface area contributed by atoms with Gasteiger partial charge in [0.15, 0.2) is 0 Å². The highest BCUT2D eigenvalue weighted by Gasteiger charge is 2.51. The lowest BCUT2D eigenvalue weighted by atomic mass is 9.48. The van der Waals surface area contributed by atoms with Gasteiger partial charge in [0.05, 0.1) is 0 Å². The smallest absolute Gasteiger partial charge is 0.411 e. The number of carbonyl (C=O) groups is 1. The maximum absolute atomic E-state index is 12.1. The molecule has 1 N–H and O–H groups in total. The van der Waals surface area contributed by atoms with Crippen LogP contribution < -0.4 is 5.32 Å². The lowest BCUT2D eigenvalue weighted by molar-refractivity contribution is -0.0390. The molecule has 3 heteroatoms. The second kappa shape index (κ2) is 10.9. The number of ether oxygens (including phenoxy) is 1. The zero-order valence-corrected chi connectivity index (χ0v) is 21.7. The van der Waals surface area contributed by atoms with Gasteiger partial charge in [-0.2, -0.15) is 0 Å². The first-order chi connectivity index (χ1) is 15.6. The SMILES string of the molecule is CC1=CC[C@H]2C(C)(C)CCC[C@]2(C)[C@H]1CC/C(C)=C/CC[C@H](C)OC(=O)Nc1ccccc1. The van der Waals surface area contributed by atoms with Crippen molar-refractivity contribution in [3.63, 3.8) is 0 Å². The predicted molar refractivity (Wildman–Crippen MR) is 139 cm³/mol. The van der Waals surface area contributed by atoms with Gasteiger partial charge in [0.1, 0.15) is 6.10 Å². The van der Waals surface area contributed by atoms with Crippen molar-refractivity contribution in [1.29, 1.82) is 0 Å². The second-order valence-electron chi connectivity index (χ2n) is 11.5. The number of nitrogens with one attached hydrogen (secondary N) is 1. The Hall–Kier alpha value is -2.03. The van der Waals surface area contributed by atoms with E-state index in [0.29, 0.717) is 16.7 Å². The molecule has 1 amide bonds. The minimum atomic E-state index is -0.382. The lowest BCUT2D eigenvalue weighted by Gasteiger charge is -2.57. The summed E-state index contributed by atoms with van der Waals surface area (Å²) in [5.41, 5.74) is 4.73. The van der Waals surface area contributed by atoms with E-state index >= 15 is 0 Å². The average molecular weight is 452 g/mol. The summed E-state index contributed by atoms with van der Waals surface area (Å²) in [7, 11) is 0. The van der Waals surface area contributed by atoms with E-state index in [-0.39, 0.29) is 12.2 Å². The molecular formula is C30H45NO2. The number of amides is 1. The van der Waals surface area contributed by atoms with Crippen molar-refractivity contribution in [2.24, 2.45) is 22.7 Å². The molecule has 0 heterocycles. The molecule has 0 saturated heterocycles. The number of hydrogen-bond acceptors (Lipinski definition) is 2. The monoisotopic (exact) mass is 451 g/mol. The normalized spacial score (nSPS) is 27.8. The quantitative estimate of drug-likeness (QED) is 0.401. The van der Waals surface area contributed by atoms with Crippen LogP contribution in [0.5, 0.6) is 0 Å². The number of carbonyl (C=O) groups excluding carboxylic acids is 1. The Labute approximate surface area is 202 Å². The van der Waals surface area contributed by atoms with Crippen LogP contribution in [-0.2, 0) is 4.74 Å². The van der Waals surface area contributed by atoms with Crippen LogP contribution in [0.4, 0.5) is 10.5 Å². The summed E-state index contributed by atoms with van der Waals surface area (Å²) in [5.74, 6) is 1.50. The zero-order chi connectivity index (χ0) is 24.1. The summed E-state index contributed by atoms with van der Waals surface area (Å²) in [4.78, 5) is 12.1. The van der Waals surface area contributed by atoms with E-state index in [0.717, 1.165) is 30.9 Å². The van der Waals surface area contributed by atoms with Gasteiger partial charge in [-0.15, -0.1) is 0 Å². The van der Waals surface area contributed by atoms with Crippen LogP contribution in [-0.4, -0.2) is 12.2 Å². The third kappa shape index (κ3) is 6.52. The largest absolute Gasteiger partial charge is 0.446 e. The molecule has 1 fully saturated rings. The van der Waals surface area contributed by atoms with Crippen molar-refractivity contribution < 1.29 is 9.53 Å². The molecule has 0 aromatic heterocycles. The first-order valence-corrected chi connectivity index (χ1v) is 13.0. The Morgan fingerprint density at radius 2 is 1.94 bits per heavy atom. The minimum absolute atomic E-state index is 0.106. The van der Waals surface area contributed by atoms with Gasteiger partial charge in [0.2, 0.25) is 0 Å². The summed E-state index contributed by atoms with van der Waals surface area (Å²) < 4.78 is 5.51. The molecule has 182 valence electrons. The summed E-state index contributed by atoms with van der Waals surface area (Å²) in [5, 5.41) is 2.78. The predicted octanol–water partition coefficient (Wildman–Crippen LogP) is 8.93. The molecule has 3 rings (SSSR count). The molecule has 0 bridgehead atoms. The number of hydrogen-bond donors (Lipinski definition) is 1. The van der Waals surface area contributed by atoms with Crippen LogP contribution in [0.2, 0.25) is 0 Å². The van der Waals surface area contributed by atoms with E-state index in [1.54, 1.807) is 5.57 Å². The summed E-state index contributed by atoms with van der Waals surface area (Å²) in [6.45, 7) is 14.2. The molecule has 0 spiro atoms. The van der Waals surface area contributed by atoms with Crippen LogP contribution in [0.3, 0.4) is 0 Å². The first kappa shape index (κ1) is 25.6. The highest BCUT2D eigenvalue weighted by molar-refractivity contribution is 5.84. The van der Waals surface area contributed by atoms with Gasteiger partial charge in [-0.3, -0.25) is 5.32 Å². The number of para-hydroxylation sites is 1. The van der Waals surface area contributed by atoms with Gasteiger partial charge < -0.3 is 4.74 Å². The highest BCUT2D eigenvalue weighted by Crippen LogP contribution is 2.60. The first-order valence-electron chi connectivity index (χ1n) is 13.0. The van der Waals surface area contributed by atoms with Gasteiger partial charge in [-0.1, -0.05) is 68.7 Å². The van der Waals surface area contributed by atoms with E-state index in [1.807, 2.05) is 37.3 Å². The number of anilines is 1. The maximum Gasteiger partial charge on any atom is 0.411 e. The third-order valence-electron chi connectivity index (χ3n) is 8.52. The molecule has 2 aliphatic rings. The average Bonchev–Trinajstić information content (AvgIpc) is 2.73. The Morgan fingerprint density at radius 1 is 1.21 bits per heavy atom. The standard InChI is InChI=1S/C30H45NO2/c1-22(12-10-13-24(3)33-28(32)31-25-14-8-7-9-15-25)16-18-26-23(2)17-19-27-29(4,5)20-11-21-30(26,27)6/h7-9,12,14-15,17,24,26-27H,10-11,13,16,18-21H2,1-6H3,(H,31,32)/b22-12+/t24-,26-,27-,30+/m0/s1. The molecule has 3 nitrogen and oxygen atoms in total. The molecule has 1 aromatic rings. The molecule has 0 unspecified atom stereocenters. The lowest BCUT2D eigenvalue weighted by Crippen LogP contribution is -2.48. The van der Waals surface area contributed by atoms with Gasteiger partial charge in [0.25, 0.3) is 0 Å². The van der Waals surface area contributed by atoms with Crippen molar-refractivity contribution in [3.8, 4) is 0 Å². The maximum atomic E-state index is 12.1. The fraction of sp³-hybridized carbons (Fsp3) is 0.633. The van der Waals surface area contributed by atoms with Gasteiger partial charge in [0, 0.05) is 5.69 Å². The zero-order valence-electron chi connectivity index (χ0n) is 21.7. The number of allylic oxidation sites excluding steroid dienone is 4. The van der Waals surface area contributed by atoms with Crippen molar-refractivity contribution in [1.82, 2.24) is 0 Å². The molecule has 4 atom stereocenters. The molecule has 33 heavy (non-hydrogen) atoms. The highest BCUT2D eigenvalue weighted by atomic mass is 16.6. The van der Waals surface area contributed by atoms with Crippen LogP contribution in [0.15, 0.2) is 53.6 Å². The van der Waals surface area contributed by atoms with Gasteiger partial charge >= 0.3 is 6.09 Å². The molecule has 1 aromatic carbocycles. The second-order valence-corrected chi connectivity index (χ2v) is 11.5. The topological polar surface area (TPSA) is 38.3 Å². The van der Waals surface area contributed by atoms with E-state index in [4.69, 9.17) is 4.74 Å². The van der Waals surface area contributed by atoms with Crippen LogP contribution in [0.25, 0.3) is 0 Å². The molecule has 2 aliphatic carbocycles. The summed E-state index contributed by atoms with van der Waals surface area (Å²) >= 11 is 0. The Balaban J connectivity index is 1.46. The minimum Gasteiger partial charge on any atom is -0.446 e. The number of benzene rings is 1. The van der Waals surface area contributed by atoms with Crippen molar-refractivity contribution in [2.45, 2.75) is 99.0 Å².